The Morgan fingerprint density at radius 1 is 1.18 bits per heavy atom. The average molecular weight is 579 g/mol. The minimum atomic E-state index is -0.335. The minimum Gasteiger partial charge on any atom is -0.495 e. The number of rotatable bonds is 8. The van der Waals surface area contributed by atoms with Gasteiger partial charge in [0.15, 0.2) is 0 Å². The van der Waals surface area contributed by atoms with Crippen molar-refractivity contribution in [3.8, 4) is 11.5 Å². The van der Waals surface area contributed by atoms with E-state index in [1.807, 2.05) is 25.1 Å². The molecule has 3 amide bonds. The van der Waals surface area contributed by atoms with Crippen LogP contribution in [0.2, 0.25) is 10.0 Å². The lowest BCUT2D eigenvalue weighted by Gasteiger charge is -2.43. The first kappa shape index (κ1) is 28.7. The van der Waals surface area contributed by atoms with E-state index in [-0.39, 0.29) is 40.3 Å². The molecule has 0 atom stereocenters. The summed E-state index contributed by atoms with van der Waals surface area (Å²) in [6.45, 7) is 1.85. The second-order valence-corrected chi connectivity index (χ2v) is 10.3. The smallest absolute Gasteiger partial charge is 0.330 e. The van der Waals surface area contributed by atoms with Crippen LogP contribution in [-0.4, -0.2) is 92.7 Å². The number of fused-ring (bicyclic) bond motifs is 1. The molecule has 11 nitrogen and oxygen atoms in total. The Bertz CT molecular complexity index is 1240. The number of likely N-dealkylation sites (tertiary alicyclic amines) is 1. The van der Waals surface area contributed by atoms with Crippen molar-refractivity contribution in [3.63, 3.8) is 0 Å². The Morgan fingerprint density at radius 3 is 2.38 bits per heavy atom. The largest absolute Gasteiger partial charge is 0.495 e. The molecular weight excluding hydrogens is 545 g/mol. The summed E-state index contributed by atoms with van der Waals surface area (Å²) in [5.41, 5.74) is 1.01. The molecule has 1 aromatic carbocycles. The number of urea groups is 1. The second-order valence-electron chi connectivity index (χ2n) is 9.51. The number of nitrogens with one attached hydrogen (secondary N) is 1. The molecule has 1 fully saturated rings. The summed E-state index contributed by atoms with van der Waals surface area (Å²) in [7, 11) is 8.58. The highest BCUT2D eigenvalue weighted by atomic mass is 35.5. The van der Waals surface area contributed by atoms with E-state index in [1.165, 1.54) is 19.1 Å². The van der Waals surface area contributed by atoms with Crippen LogP contribution in [0.5, 0.6) is 11.5 Å². The molecule has 1 aromatic heterocycles. The summed E-state index contributed by atoms with van der Waals surface area (Å²) < 4.78 is 10.9. The van der Waals surface area contributed by atoms with Crippen LogP contribution in [-0.2, 0) is 11.3 Å². The average Bonchev–Trinajstić information content (AvgIpc) is 2.93. The van der Waals surface area contributed by atoms with E-state index in [4.69, 9.17) is 32.7 Å². The number of benzene rings is 1. The molecule has 2 aliphatic heterocycles. The Morgan fingerprint density at radius 2 is 1.82 bits per heavy atom. The molecule has 0 aliphatic carbocycles. The van der Waals surface area contributed by atoms with E-state index in [2.05, 4.69) is 15.3 Å². The maximum absolute atomic E-state index is 14.2. The van der Waals surface area contributed by atoms with Gasteiger partial charge < -0.3 is 24.6 Å². The number of carbonyl (C=O) groups excluding carboxylic acids is 2. The highest BCUT2D eigenvalue weighted by molar-refractivity contribution is 6.42. The summed E-state index contributed by atoms with van der Waals surface area (Å²) in [5, 5.41) is 3.33. The van der Waals surface area contributed by atoms with E-state index < -0.39 is 0 Å². The maximum atomic E-state index is 14.2. The van der Waals surface area contributed by atoms with Gasteiger partial charge in [0.2, 0.25) is 11.9 Å². The van der Waals surface area contributed by atoms with Crippen LogP contribution in [0.15, 0.2) is 24.4 Å². The molecule has 3 heterocycles. The minimum absolute atomic E-state index is 0.0378. The van der Waals surface area contributed by atoms with Gasteiger partial charge in [0, 0.05) is 56.6 Å². The summed E-state index contributed by atoms with van der Waals surface area (Å²) in [6, 6.07) is 1.03. The maximum Gasteiger partial charge on any atom is 0.330 e. The van der Waals surface area contributed by atoms with Crippen molar-refractivity contribution in [1.82, 2.24) is 19.8 Å². The van der Waals surface area contributed by atoms with Crippen LogP contribution in [0.1, 0.15) is 18.4 Å². The van der Waals surface area contributed by atoms with E-state index >= 15 is 0 Å². The first-order chi connectivity index (χ1) is 18.7. The number of amides is 3. The van der Waals surface area contributed by atoms with Gasteiger partial charge in [-0.1, -0.05) is 29.3 Å². The van der Waals surface area contributed by atoms with Crippen LogP contribution in [0, 0.1) is 0 Å². The quantitative estimate of drug-likeness (QED) is 0.471. The van der Waals surface area contributed by atoms with Gasteiger partial charge in [0.25, 0.3) is 0 Å². The molecule has 0 saturated carbocycles. The van der Waals surface area contributed by atoms with Crippen LogP contribution in [0.3, 0.4) is 0 Å². The van der Waals surface area contributed by atoms with Crippen LogP contribution >= 0.6 is 23.2 Å². The predicted octanol–water partition coefficient (Wildman–Crippen LogP) is 3.90. The summed E-state index contributed by atoms with van der Waals surface area (Å²) in [4.78, 5) is 42.8. The zero-order valence-electron chi connectivity index (χ0n) is 22.7. The number of carbonyl (C=O) groups is 2. The van der Waals surface area contributed by atoms with Gasteiger partial charge in [-0.3, -0.25) is 14.6 Å². The molecule has 0 radical (unpaired) electrons. The van der Waals surface area contributed by atoms with Crippen molar-refractivity contribution in [2.45, 2.75) is 25.4 Å². The van der Waals surface area contributed by atoms with Crippen molar-refractivity contribution in [1.29, 1.82) is 0 Å². The number of halogens is 2. The number of methoxy groups -OCH3 is 2. The van der Waals surface area contributed by atoms with E-state index in [1.54, 1.807) is 35.2 Å². The third kappa shape index (κ3) is 5.85. The molecule has 1 saturated heterocycles. The Hall–Kier alpha value is -3.28. The van der Waals surface area contributed by atoms with Gasteiger partial charge in [-0.25, -0.2) is 9.78 Å². The molecule has 0 spiro atoms. The van der Waals surface area contributed by atoms with Crippen LogP contribution in [0.25, 0.3) is 0 Å². The highest BCUT2D eigenvalue weighted by Crippen LogP contribution is 2.48. The Kier molecular flexibility index (Phi) is 9.04. The van der Waals surface area contributed by atoms with E-state index in [9.17, 15) is 9.59 Å². The van der Waals surface area contributed by atoms with Gasteiger partial charge in [0.05, 0.1) is 26.5 Å². The topological polar surface area (TPSA) is 103 Å². The van der Waals surface area contributed by atoms with Crippen molar-refractivity contribution < 1.29 is 19.1 Å². The Balaban J connectivity index is 1.67. The van der Waals surface area contributed by atoms with Crippen molar-refractivity contribution >= 4 is 52.6 Å². The third-order valence-corrected chi connectivity index (χ3v) is 7.48. The van der Waals surface area contributed by atoms with Crippen LogP contribution < -0.4 is 24.6 Å². The van der Waals surface area contributed by atoms with E-state index in [0.717, 1.165) is 5.56 Å². The number of ether oxygens (including phenoxy) is 2. The summed E-state index contributed by atoms with van der Waals surface area (Å²) in [6.07, 6.45) is 6.30. The van der Waals surface area contributed by atoms with Crippen LogP contribution in [0.4, 0.5) is 22.2 Å². The number of aromatic nitrogens is 2. The van der Waals surface area contributed by atoms with E-state index in [0.29, 0.717) is 55.7 Å². The van der Waals surface area contributed by atoms with Gasteiger partial charge in [-0.2, -0.15) is 4.98 Å². The molecule has 2 aliphatic rings. The Labute approximate surface area is 238 Å². The number of hydrogen-bond donors (Lipinski definition) is 1. The lowest BCUT2D eigenvalue weighted by molar-refractivity contribution is -0.127. The first-order valence-electron chi connectivity index (χ1n) is 12.5. The zero-order valence-corrected chi connectivity index (χ0v) is 24.2. The molecule has 39 heavy (non-hydrogen) atoms. The lowest BCUT2D eigenvalue weighted by Crippen LogP contribution is -2.55. The fraction of sp³-hybridized carbons (Fsp3) is 0.462. The molecule has 0 bridgehead atoms. The standard InChI is InChI=1S/C26H33Cl2N7O4/c1-29-25-30-14-16-15-34(23-21(27)18(38-4)13-19(39-5)22(23)28)26(37)35(24(16)31-25)17-8-11-33(12-9-17)20(36)7-6-10-32(2)3/h6-7,13-14,17H,8-12,15H2,1-5H3,(H,29,30,31)/b7-6+. The van der Waals surface area contributed by atoms with Crippen molar-refractivity contribution in [2.24, 2.45) is 0 Å². The molecule has 1 N–H and O–H groups in total. The molecule has 0 unspecified atom stereocenters. The fourth-order valence-electron chi connectivity index (χ4n) is 4.72. The third-order valence-electron chi connectivity index (χ3n) is 6.75. The normalized spacial score (nSPS) is 16.2. The summed E-state index contributed by atoms with van der Waals surface area (Å²) in [5.74, 6) is 1.54. The first-order valence-corrected chi connectivity index (χ1v) is 13.3. The number of piperidine rings is 1. The number of hydrogen-bond acceptors (Lipinski definition) is 8. The number of nitrogens with zero attached hydrogens (tertiary/aromatic N) is 6. The monoisotopic (exact) mass is 577 g/mol. The van der Waals surface area contributed by atoms with Crippen molar-refractivity contribution in [3.05, 3.63) is 40.0 Å². The number of anilines is 3. The lowest BCUT2D eigenvalue weighted by atomic mass is 10.0. The molecular formula is C26H33Cl2N7O4. The van der Waals surface area contributed by atoms with Crippen molar-refractivity contribution in [2.75, 3.05) is 70.1 Å². The molecule has 2 aromatic rings. The highest BCUT2D eigenvalue weighted by Gasteiger charge is 2.41. The fourth-order valence-corrected chi connectivity index (χ4v) is 5.43. The molecule has 210 valence electrons. The van der Waals surface area contributed by atoms with Gasteiger partial charge >= 0.3 is 6.03 Å². The zero-order chi connectivity index (χ0) is 28.3. The number of likely N-dealkylation sites (N-methyl/N-ethyl adjacent to an activating group) is 1. The second kappa shape index (κ2) is 12.3. The van der Waals surface area contributed by atoms with Gasteiger partial charge in [0.1, 0.15) is 27.4 Å². The molecule has 4 rings (SSSR count). The summed E-state index contributed by atoms with van der Waals surface area (Å²) >= 11 is 13.4. The molecule has 13 heteroatoms. The van der Waals surface area contributed by atoms with Gasteiger partial charge in [-0.15, -0.1) is 0 Å². The predicted molar refractivity (Wildman–Crippen MR) is 152 cm³/mol. The van der Waals surface area contributed by atoms with Gasteiger partial charge in [-0.05, 0) is 26.9 Å². The SMILES string of the molecule is CNc1ncc2c(n1)N(C1CCN(C(=O)/C=C/CN(C)C)CC1)C(=O)N(c1c(Cl)c(OC)cc(OC)c1Cl)C2.